The summed E-state index contributed by atoms with van der Waals surface area (Å²) in [7, 11) is 0. The molecule has 2 aliphatic rings. The number of halogens is 1. The summed E-state index contributed by atoms with van der Waals surface area (Å²) in [5.74, 6) is 0.358. The molecule has 0 spiro atoms. The van der Waals surface area contributed by atoms with Crippen molar-refractivity contribution in [2.24, 2.45) is 5.92 Å². The first kappa shape index (κ1) is 14.1. The van der Waals surface area contributed by atoms with Crippen molar-refractivity contribution in [1.29, 1.82) is 0 Å². The molecular formula is C16H21BrN2O. The molecule has 4 heteroatoms. The van der Waals surface area contributed by atoms with E-state index in [1.807, 2.05) is 0 Å². The highest BCUT2D eigenvalue weighted by molar-refractivity contribution is 9.10. The lowest BCUT2D eigenvalue weighted by atomic mass is 9.71. The summed E-state index contributed by atoms with van der Waals surface area (Å²) >= 11 is 3.47. The molecule has 1 aromatic rings. The molecule has 0 bridgehead atoms. The molecule has 1 saturated carbocycles. The smallest absolute Gasteiger partial charge is 0.225 e. The monoisotopic (exact) mass is 336 g/mol. The predicted octanol–water partition coefficient (Wildman–Crippen LogP) is 2.94. The van der Waals surface area contributed by atoms with E-state index >= 15 is 0 Å². The topological polar surface area (TPSA) is 41.1 Å². The Morgan fingerprint density at radius 2 is 2.00 bits per heavy atom. The van der Waals surface area contributed by atoms with E-state index in [0.29, 0.717) is 0 Å². The van der Waals surface area contributed by atoms with Crippen LogP contribution in [0.5, 0.6) is 0 Å². The molecule has 2 N–H and O–H groups in total. The van der Waals surface area contributed by atoms with Gasteiger partial charge in [-0.1, -0.05) is 28.1 Å². The Balaban J connectivity index is 1.72. The quantitative estimate of drug-likeness (QED) is 0.890. The van der Waals surface area contributed by atoms with Crippen molar-refractivity contribution in [2.45, 2.75) is 37.6 Å². The Kier molecular flexibility index (Phi) is 4.13. The second-order valence-electron chi connectivity index (χ2n) is 5.98. The molecule has 0 radical (unpaired) electrons. The van der Waals surface area contributed by atoms with Crippen molar-refractivity contribution < 1.29 is 4.79 Å². The number of carbonyl (C=O) groups is 1. The minimum absolute atomic E-state index is 0.116. The first-order valence-corrected chi connectivity index (χ1v) is 8.28. The Hall–Kier alpha value is -0.870. The summed E-state index contributed by atoms with van der Waals surface area (Å²) in [6, 6.07) is 8.37. The maximum Gasteiger partial charge on any atom is 0.225 e. The molecule has 1 heterocycles. The van der Waals surface area contributed by atoms with E-state index in [4.69, 9.17) is 0 Å². The maximum absolute atomic E-state index is 12.5. The van der Waals surface area contributed by atoms with Gasteiger partial charge in [0.1, 0.15) is 0 Å². The third-order valence-corrected chi connectivity index (χ3v) is 5.16. The van der Waals surface area contributed by atoms with Gasteiger partial charge < -0.3 is 10.6 Å². The highest BCUT2D eigenvalue weighted by atomic mass is 79.9. The number of rotatable bonds is 3. The summed E-state index contributed by atoms with van der Waals surface area (Å²) in [6.07, 6.45) is 5.42. The van der Waals surface area contributed by atoms with Crippen LogP contribution in [0.1, 0.15) is 37.7 Å². The first-order chi connectivity index (χ1) is 9.70. The molecule has 3 nitrogen and oxygen atoms in total. The van der Waals surface area contributed by atoms with Crippen molar-refractivity contribution in [2.75, 3.05) is 13.1 Å². The summed E-state index contributed by atoms with van der Waals surface area (Å²) in [4.78, 5) is 12.5. The van der Waals surface area contributed by atoms with Crippen LogP contribution in [0.3, 0.4) is 0 Å². The molecule has 1 unspecified atom stereocenters. The van der Waals surface area contributed by atoms with Crippen molar-refractivity contribution in [1.82, 2.24) is 10.6 Å². The van der Waals surface area contributed by atoms with Crippen LogP contribution in [-0.4, -0.2) is 19.0 Å². The Morgan fingerprint density at radius 3 is 2.55 bits per heavy atom. The fourth-order valence-corrected chi connectivity index (χ4v) is 3.46. The standard InChI is InChI=1S/C16H21BrN2O/c17-14-6-4-13(5-7-14)16(8-2-9-16)19-15(20)12-3-1-10-18-11-12/h4-7,12,18H,1-3,8-11H2,(H,19,20). The van der Waals surface area contributed by atoms with Gasteiger partial charge in [0, 0.05) is 11.0 Å². The number of benzene rings is 1. The lowest BCUT2D eigenvalue weighted by Gasteiger charge is -2.44. The van der Waals surface area contributed by atoms with Crippen LogP contribution < -0.4 is 10.6 Å². The van der Waals surface area contributed by atoms with E-state index in [-0.39, 0.29) is 17.4 Å². The average molecular weight is 337 g/mol. The number of hydrogen-bond acceptors (Lipinski definition) is 2. The van der Waals surface area contributed by atoms with Crippen molar-refractivity contribution in [3.8, 4) is 0 Å². The zero-order valence-corrected chi connectivity index (χ0v) is 13.2. The zero-order valence-electron chi connectivity index (χ0n) is 11.6. The molecule has 108 valence electrons. The van der Waals surface area contributed by atoms with Crippen LogP contribution in [0, 0.1) is 5.92 Å². The lowest BCUT2D eigenvalue weighted by Crippen LogP contribution is -2.54. The fourth-order valence-electron chi connectivity index (χ4n) is 3.20. The first-order valence-electron chi connectivity index (χ1n) is 7.48. The number of carbonyl (C=O) groups excluding carboxylic acids is 1. The normalized spacial score (nSPS) is 24.8. The number of piperidine rings is 1. The summed E-state index contributed by atoms with van der Waals surface area (Å²) in [5, 5.41) is 6.66. The molecule has 20 heavy (non-hydrogen) atoms. The molecule has 1 aliphatic heterocycles. The predicted molar refractivity (Wildman–Crippen MR) is 83.4 cm³/mol. The third-order valence-electron chi connectivity index (χ3n) is 4.63. The van der Waals surface area contributed by atoms with Crippen LogP contribution in [0.15, 0.2) is 28.7 Å². The number of amides is 1. The highest BCUT2D eigenvalue weighted by Gasteiger charge is 2.41. The molecular weight excluding hydrogens is 316 g/mol. The van der Waals surface area contributed by atoms with Gasteiger partial charge in [0.15, 0.2) is 0 Å². The molecule has 1 aromatic carbocycles. The molecule has 1 atom stereocenters. The van der Waals surface area contributed by atoms with E-state index in [1.54, 1.807) is 0 Å². The van der Waals surface area contributed by atoms with Gasteiger partial charge in [0.05, 0.1) is 11.5 Å². The van der Waals surface area contributed by atoms with Crippen molar-refractivity contribution in [3.05, 3.63) is 34.3 Å². The van der Waals surface area contributed by atoms with Crippen LogP contribution in [0.2, 0.25) is 0 Å². The van der Waals surface area contributed by atoms with Crippen LogP contribution >= 0.6 is 15.9 Å². The molecule has 1 aliphatic carbocycles. The molecule has 0 aromatic heterocycles. The van der Waals surface area contributed by atoms with Gasteiger partial charge in [-0.15, -0.1) is 0 Å². The van der Waals surface area contributed by atoms with E-state index in [9.17, 15) is 4.79 Å². The molecule has 2 fully saturated rings. The van der Waals surface area contributed by atoms with Gasteiger partial charge in [-0.3, -0.25) is 4.79 Å². The Morgan fingerprint density at radius 1 is 1.25 bits per heavy atom. The SMILES string of the molecule is O=C(NC1(c2ccc(Br)cc2)CCC1)C1CCCNC1. The largest absolute Gasteiger partial charge is 0.346 e. The average Bonchev–Trinajstić information content (AvgIpc) is 2.45. The molecule has 3 rings (SSSR count). The minimum Gasteiger partial charge on any atom is -0.346 e. The van der Waals surface area contributed by atoms with Crippen LogP contribution in [0.25, 0.3) is 0 Å². The third kappa shape index (κ3) is 2.77. The summed E-state index contributed by atoms with van der Waals surface area (Å²) in [6.45, 7) is 1.86. The molecule has 1 saturated heterocycles. The highest BCUT2D eigenvalue weighted by Crippen LogP contribution is 2.41. The maximum atomic E-state index is 12.5. The van der Waals surface area contributed by atoms with Gasteiger partial charge in [-0.05, 0) is 56.3 Å². The van der Waals surface area contributed by atoms with E-state index in [0.717, 1.165) is 43.2 Å². The van der Waals surface area contributed by atoms with Crippen LogP contribution in [0.4, 0.5) is 0 Å². The van der Waals surface area contributed by atoms with Gasteiger partial charge >= 0.3 is 0 Å². The van der Waals surface area contributed by atoms with Crippen molar-refractivity contribution in [3.63, 3.8) is 0 Å². The Bertz CT molecular complexity index is 476. The van der Waals surface area contributed by atoms with E-state index in [1.165, 1.54) is 12.0 Å². The number of hydrogen-bond donors (Lipinski definition) is 2. The number of nitrogens with one attached hydrogen (secondary N) is 2. The minimum atomic E-state index is -0.116. The van der Waals surface area contributed by atoms with E-state index < -0.39 is 0 Å². The summed E-state index contributed by atoms with van der Waals surface area (Å²) < 4.78 is 1.08. The van der Waals surface area contributed by atoms with E-state index in [2.05, 4.69) is 50.8 Å². The second-order valence-corrected chi connectivity index (χ2v) is 6.89. The fraction of sp³-hybridized carbons (Fsp3) is 0.562. The molecule has 1 amide bonds. The van der Waals surface area contributed by atoms with Crippen LogP contribution in [-0.2, 0) is 10.3 Å². The second kappa shape index (κ2) is 5.86. The lowest BCUT2D eigenvalue weighted by molar-refractivity contribution is -0.128. The zero-order chi connectivity index (χ0) is 14.0. The van der Waals surface area contributed by atoms with Gasteiger partial charge in [0.25, 0.3) is 0 Å². The Labute approximate surface area is 128 Å². The van der Waals surface area contributed by atoms with Gasteiger partial charge in [-0.2, -0.15) is 0 Å². The summed E-state index contributed by atoms with van der Waals surface area (Å²) in [5.41, 5.74) is 1.12. The van der Waals surface area contributed by atoms with Gasteiger partial charge in [-0.25, -0.2) is 0 Å². The van der Waals surface area contributed by atoms with Crippen molar-refractivity contribution >= 4 is 21.8 Å². The van der Waals surface area contributed by atoms with Gasteiger partial charge in [0.2, 0.25) is 5.91 Å².